The van der Waals surface area contributed by atoms with E-state index in [1.807, 2.05) is 20.8 Å². The Morgan fingerprint density at radius 3 is 2.33 bits per heavy atom. The summed E-state index contributed by atoms with van der Waals surface area (Å²) in [6, 6.07) is 9.69. The number of nitrogens with one attached hydrogen (secondary N) is 2. The maximum absolute atomic E-state index is 13.8. The van der Waals surface area contributed by atoms with Crippen LogP contribution in [0.4, 0.5) is 5.69 Å². The van der Waals surface area contributed by atoms with E-state index in [4.69, 9.17) is 4.74 Å². The summed E-state index contributed by atoms with van der Waals surface area (Å²) in [6.07, 6.45) is 1.96. The lowest BCUT2D eigenvalue weighted by Crippen LogP contribution is -2.66. The second kappa shape index (κ2) is 13.0. The molecule has 3 rings (SSSR count). The highest BCUT2D eigenvalue weighted by atomic mass is 32.1. The minimum atomic E-state index is -1.11. The molecule has 0 radical (unpaired) electrons. The maximum atomic E-state index is 13.8. The molecule has 1 aliphatic rings. The van der Waals surface area contributed by atoms with Gasteiger partial charge in [0.05, 0.1) is 11.5 Å². The topological polar surface area (TPSA) is 131 Å². The van der Waals surface area contributed by atoms with Crippen LogP contribution >= 0.6 is 12.6 Å². The van der Waals surface area contributed by atoms with Gasteiger partial charge in [0.15, 0.2) is 0 Å². The van der Waals surface area contributed by atoms with E-state index in [9.17, 15) is 24.5 Å². The molecule has 210 valence electrons. The van der Waals surface area contributed by atoms with Gasteiger partial charge in [0.2, 0.25) is 17.7 Å². The monoisotopic (exact) mass is 556 g/mol. The van der Waals surface area contributed by atoms with Crippen LogP contribution in [-0.2, 0) is 20.8 Å². The summed E-state index contributed by atoms with van der Waals surface area (Å²) in [5.74, 6) is -0.602. The molecule has 0 spiro atoms. The van der Waals surface area contributed by atoms with E-state index in [-0.39, 0.29) is 17.9 Å². The lowest BCUT2D eigenvalue weighted by molar-refractivity contribution is -0.384. The van der Waals surface area contributed by atoms with Gasteiger partial charge in [-0.1, -0.05) is 37.6 Å². The maximum Gasteiger partial charge on any atom is 0.269 e. The molecule has 0 aliphatic carbocycles. The Kier molecular flexibility index (Phi) is 9.96. The molecular formula is C28H36N4O6S. The molecule has 2 N–H and O–H groups in total. The second-order valence-corrected chi connectivity index (χ2v) is 10.9. The zero-order valence-electron chi connectivity index (χ0n) is 22.7. The second-order valence-electron chi connectivity index (χ2n) is 10.5. The molecular weight excluding hydrogens is 520 g/mol. The number of unbranched alkanes of at least 4 members (excludes halogenated alkanes) is 1. The predicted octanol–water partition coefficient (Wildman–Crippen LogP) is 3.60. The van der Waals surface area contributed by atoms with E-state index in [1.54, 1.807) is 36.4 Å². The number of piperazine rings is 1. The number of amides is 3. The third-order valence-electron chi connectivity index (χ3n) is 6.25. The molecule has 0 bridgehead atoms. The van der Waals surface area contributed by atoms with Crippen LogP contribution in [-0.4, -0.2) is 57.5 Å². The number of non-ortho nitro benzene ring substituents is 1. The quantitative estimate of drug-likeness (QED) is 0.168. The van der Waals surface area contributed by atoms with Crippen LogP contribution in [0, 0.1) is 10.1 Å². The molecule has 1 unspecified atom stereocenters. The van der Waals surface area contributed by atoms with Gasteiger partial charge in [-0.3, -0.25) is 24.5 Å². The molecule has 3 atom stereocenters. The zero-order valence-corrected chi connectivity index (χ0v) is 23.6. The average Bonchev–Trinajstić information content (AvgIpc) is 2.88. The summed E-state index contributed by atoms with van der Waals surface area (Å²) in [5.41, 5.74) is 0.446. The lowest BCUT2D eigenvalue weighted by Gasteiger charge is -2.43. The molecule has 1 heterocycles. The lowest BCUT2D eigenvalue weighted by atomic mass is 9.93. The molecule has 10 nitrogen and oxygen atoms in total. The highest BCUT2D eigenvalue weighted by molar-refractivity contribution is 7.80. The number of hydrogen-bond acceptors (Lipinski definition) is 7. The van der Waals surface area contributed by atoms with Crippen molar-refractivity contribution in [2.45, 2.75) is 70.6 Å². The number of nitro groups is 1. The van der Waals surface area contributed by atoms with Crippen LogP contribution in [0.15, 0.2) is 48.5 Å². The van der Waals surface area contributed by atoms with Gasteiger partial charge in [-0.05, 0) is 50.5 Å². The largest absolute Gasteiger partial charge is 0.494 e. The van der Waals surface area contributed by atoms with E-state index in [2.05, 4.69) is 30.2 Å². The van der Waals surface area contributed by atoms with Crippen molar-refractivity contribution in [1.82, 2.24) is 15.5 Å². The van der Waals surface area contributed by atoms with Crippen LogP contribution in [0.25, 0.3) is 0 Å². The number of nitro benzene ring substituents is 1. The van der Waals surface area contributed by atoms with Crippen molar-refractivity contribution in [2.75, 3.05) is 12.4 Å². The molecule has 0 aromatic heterocycles. The Balaban J connectivity index is 2.04. The standard InChI is InChI=1S/C28H36N4O6S/c1-5-6-15-38-21-13-9-19(10-14-21)24(26(34)30-28(2,3)4)31-23(25(33)29-22(17-39)27(31)35)16-18-7-11-20(12-8-18)32(36)37/h7-14,22-24,39H,5-6,15-17H2,1-4H3,(H,29,33)(H,30,34)/t22-,23-,24?/m0/s1. The number of rotatable bonds is 11. The molecule has 1 fully saturated rings. The Labute approximate surface area is 234 Å². The van der Waals surface area contributed by atoms with Gasteiger partial charge in [0, 0.05) is 29.8 Å². The van der Waals surface area contributed by atoms with Crippen molar-refractivity contribution < 1.29 is 24.0 Å². The normalized spacial score (nSPS) is 18.3. The first kappa shape index (κ1) is 29.9. The van der Waals surface area contributed by atoms with Crippen LogP contribution in [0.5, 0.6) is 5.75 Å². The Hall–Kier alpha value is -3.60. The number of carbonyl (C=O) groups excluding carboxylic acids is 3. The molecule has 1 aliphatic heterocycles. The summed E-state index contributed by atoms with van der Waals surface area (Å²) in [4.78, 5) is 52.7. The van der Waals surface area contributed by atoms with Crippen molar-refractivity contribution >= 4 is 36.0 Å². The van der Waals surface area contributed by atoms with Crippen LogP contribution in [0.2, 0.25) is 0 Å². The van der Waals surface area contributed by atoms with Gasteiger partial charge in [-0.25, -0.2) is 0 Å². The molecule has 2 aromatic rings. The van der Waals surface area contributed by atoms with Crippen molar-refractivity contribution in [3.8, 4) is 5.75 Å². The molecule has 11 heteroatoms. The predicted molar refractivity (Wildman–Crippen MR) is 151 cm³/mol. The number of benzene rings is 2. The number of hydrogen-bond donors (Lipinski definition) is 3. The van der Waals surface area contributed by atoms with Gasteiger partial charge in [0.1, 0.15) is 23.9 Å². The fourth-order valence-electron chi connectivity index (χ4n) is 4.35. The molecule has 1 saturated heterocycles. The van der Waals surface area contributed by atoms with Crippen molar-refractivity contribution in [3.05, 3.63) is 69.8 Å². The van der Waals surface area contributed by atoms with E-state index >= 15 is 0 Å². The summed E-state index contributed by atoms with van der Waals surface area (Å²) in [6.45, 7) is 8.14. The zero-order chi connectivity index (χ0) is 28.7. The minimum absolute atomic E-state index is 0.0587. The Bertz CT molecular complexity index is 1180. The number of thiol groups is 1. The molecule has 3 amide bonds. The fourth-order valence-corrected chi connectivity index (χ4v) is 4.59. The number of ether oxygens (including phenoxy) is 1. The molecule has 39 heavy (non-hydrogen) atoms. The van der Waals surface area contributed by atoms with Crippen LogP contribution in [0.1, 0.15) is 57.7 Å². The highest BCUT2D eigenvalue weighted by Crippen LogP contribution is 2.31. The fraction of sp³-hybridized carbons (Fsp3) is 0.464. The van der Waals surface area contributed by atoms with Crippen molar-refractivity contribution in [2.24, 2.45) is 0 Å². The summed E-state index contributed by atoms with van der Waals surface area (Å²) in [5, 5.41) is 16.7. The first-order valence-electron chi connectivity index (χ1n) is 13.0. The van der Waals surface area contributed by atoms with E-state index in [0.717, 1.165) is 12.8 Å². The molecule has 0 saturated carbocycles. The third kappa shape index (κ3) is 7.72. The summed E-state index contributed by atoms with van der Waals surface area (Å²) < 4.78 is 5.76. The molecule has 2 aromatic carbocycles. The van der Waals surface area contributed by atoms with E-state index < -0.39 is 46.3 Å². The SMILES string of the molecule is CCCCOc1ccc(C(C(=O)NC(C)(C)C)N2C(=O)[C@H](CS)NC(=O)[C@@H]2Cc2ccc([N+](=O)[O-])cc2)cc1. The van der Waals surface area contributed by atoms with Crippen molar-refractivity contribution in [1.29, 1.82) is 0 Å². The highest BCUT2D eigenvalue weighted by Gasteiger charge is 2.46. The third-order valence-corrected chi connectivity index (χ3v) is 6.62. The van der Waals surface area contributed by atoms with Gasteiger partial charge in [-0.15, -0.1) is 0 Å². The van der Waals surface area contributed by atoms with Gasteiger partial charge < -0.3 is 20.3 Å². The first-order chi connectivity index (χ1) is 18.4. The van der Waals surface area contributed by atoms with Gasteiger partial charge >= 0.3 is 0 Å². The summed E-state index contributed by atoms with van der Waals surface area (Å²) >= 11 is 4.25. The van der Waals surface area contributed by atoms with Gasteiger partial charge in [0.25, 0.3) is 5.69 Å². The van der Waals surface area contributed by atoms with Crippen LogP contribution < -0.4 is 15.4 Å². The summed E-state index contributed by atoms with van der Waals surface area (Å²) in [7, 11) is 0. The number of carbonyl (C=O) groups is 3. The van der Waals surface area contributed by atoms with Crippen LogP contribution in [0.3, 0.4) is 0 Å². The van der Waals surface area contributed by atoms with Gasteiger partial charge in [-0.2, -0.15) is 12.6 Å². The van der Waals surface area contributed by atoms with E-state index in [1.165, 1.54) is 17.0 Å². The van der Waals surface area contributed by atoms with Crippen molar-refractivity contribution in [3.63, 3.8) is 0 Å². The smallest absolute Gasteiger partial charge is 0.269 e. The number of nitrogens with zero attached hydrogens (tertiary/aromatic N) is 2. The Morgan fingerprint density at radius 2 is 1.79 bits per heavy atom. The Morgan fingerprint density at radius 1 is 1.15 bits per heavy atom. The first-order valence-corrected chi connectivity index (χ1v) is 13.6. The minimum Gasteiger partial charge on any atom is -0.494 e. The average molecular weight is 557 g/mol. The van der Waals surface area contributed by atoms with E-state index in [0.29, 0.717) is 23.5 Å².